The van der Waals surface area contributed by atoms with Crippen LogP contribution in [-0.4, -0.2) is 23.8 Å². The molecule has 1 aromatic rings. The molecule has 1 atom stereocenters. The average molecular weight is 336 g/mol. The molecular weight excluding hydrogens is 318 g/mol. The van der Waals surface area contributed by atoms with Gasteiger partial charge in [-0.25, -0.2) is 4.99 Å². The van der Waals surface area contributed by atoms with Gasteiger partial charge in [0, 0.05) is 11.5 Å². The Balaban J connectivity index is 2.27. The Bertz CT molecular complexity index is 638. The molecule has 0 aromatic heterocycles. The minimum absolute atomic E-state index is 0.0193. The zero-order valence-electron chi connectivity index (χ0n) is 11.9. The highest BCUT2D eigenvalue weighted by Gasteiger charge is 2.54. The van der Waals surface area contributed by atoms with E-state index in [1.54, 1.807) is 7.05 Å². The van der Waals surface area contributed by atoms with Gasteiger partial charge in [-0.1, -0.05) is 35.8 Å². The van der Waals surface area contributed by atoms with Crippen LogP contribution in [0.15, 0.2) is 27.7 Å². The fraction of sp³-hybridized carbons (Fsp3) is 0.467. The van der Waals surface area contributed by atoms with Gasteiger partial charge in [-0.2, -0.15) is 0 Å². The molecule has 1 aliphatic heterocycles. The first-order chi connectivity index (χ1) is 9.25. The predicted molar refractivity (Wildman–Crippen MR) is 82.3 cm³/mol. The van der Waals surface area contributed by atoms with Crippen LogP contribution in [0.3, 0.4) is 0 Å². The number of carbonyl (C=O) groups is 1. The molecular formula is C15H18BrN3O. The topological polar surface area (TPSA) is 58.7 Å². The van der Waals surface area contributed by atoms with Gasteiger partial charge < -0.3 is 5.73 Å². The van der Waals surface area contributed by atoms with Crippen molar-refractivity contribution in [2.75, 3.05) is 7.05 Å². The number of nitrogens with zero attached hydrogens (tertiary/aromatic N) is 2. The molecule has 2 aliphatic rings. The molecule has 1 amide bonds. The van der Waals surface area contributed by atoms with E-state index in [-0.39, 0.29) is 11.3 Å². The second kappa shape index (κ2) is 4.07. The largest absolute Gasteiger partial charge is 0.369 e. The SMILES string of the molecule is CN1C(=O)[C@]2(CC(C)(C)Cc3ccc(Br)cc32)N=C1N. The van der Waals surface area contributed by atoms with Gasteiger partial charge in [0.15, 0.2) is 11.5 Å². The smallest absolute Gasteiger partial charge is 0.261 e. The second-order valence-electron chi connectivity index (χ2n) is 6.51. The van der Waals surface area contributed by atoms with Crippen LogP contribution in [0.5, 0.6) is 0 Å². The van der Waals surface area contributed by atoms with Gasteiger partial charge in [-0.15, -0.1) is 0 Å². The Morgan fingerprint density at radius 2 is 2.10 bits per heavy atom. The zero-order chi connectivity index (χ0) is 14.7. The van der Waals surface area contributed by atoms with E-state index < -0.39 is 5.54 Å². The van der Waals surface area contributed by atoms with E-state index in [4.69, 9.17) is 5.73 Å². The monoisotopic (exact) mass is 335 g/mol. The lowest BCUT2D eigenvalue weighted by molar-refractivity contribution is -0.132. The number of rotatable bonds is 0. The van der Waals surface area contributed by atoms with Gasteiger partial charge in [0.1, 0.15) is 0 Å². The molecule has 1 spiro atoms. The lowest BCUT2D eigenvalue weighted by atomic mass is 9.65. The molecule has 0 radical (unpaired) electrons. The van der Waals surface area contributed by atoms with E-state index in [0.29, 0.717) is 12.4 Å². The summed E-state index contributed by atoms with van der Waals surface area (Å²) in [5.41, 5.74) is 7.25. The number of hydrogen-bond acceptors (Lipinski definition) is 3. The summed E-state index contributed by atoms with van der Waals surface area (Å²) in [5, 5.41) is 0. The van der Waals surface area contributed by atoms with Crippen molar-refractivity contribution in [2.24, 2.45) is 16.1 Å². The first kappa shape index (κ1) is 13.6. The Kier molecular flexibility index (Phi) is 2.77. The normalized spacial score (nSPS) is 27.7. The van der Waals surface area contributed by atoms with Crippen molar-refractivity contribution in [1.82, 2.24) is 4.90 Å². The van der Waals surface area contributed by atoms with Gasteiger partial charge in [0.2, 0.25) is 0 Å². The number of guanidine groups is 1. The van der Waals surface area contributed by atoms with Crippen molar-refractivity contribution < 1.29 is 4.79 Å². The lowest BCUT2D eigenvalue weighted by Crippen LogP contribution is -2.46. The van der Waals surface area contributed by atoms with Gasteiger partial charge in [-0.05, 0) is 41.5 Å². The molecule has 5 heteroatoms. The number of carbonyl (C=O) groups excluding carboxylic acids is 1. The third kappa shape index (κ3) is 1.79. The second-order valence-corrected chi connectivity index (χ2v) is 7.43. The van der Waals surface area contributed by atoms with Crippen LogP contribution in [0.1, 0.15) is 31.4 Å². The fourth-order valence-electron chi connectivity index (χ4n) is 3.44. The fourth-order valence-corrected chi connectivity index (χ4v) is 3.81. The van der Waals surface area contributed by atoms with Crippen LogP contribution in [0.4, 0.5) is 0 Å². The highest BCUT2D eigenvalue weighted by atomic mass is 79.9. The van der Waals surface area contributed by atoms with Crippen LogP contribution in [0.2, 0.25) is 0 Å². The van der Waals surface area contributed by atoms with Crippen LogP contribution < -0.4 is 5.73 Å². The number of likely N-dealkylation sites (N-methyl/N-ethyl adjacent to an activating group) is 1. The van der Waals surface area contributed by atoms with Crippen molar-refractivity contribution in [3.63, 3.8) is 0 Å². The van der Waals surface area contributed by atoms with Gasteiger partial charge in [-0.3, -0.25) is 9.69 Å². The molecule has 4 nitrogen and oxygen atoms in total. The molecule has 0 saturated heterocycles. The van der Waals surface area contributed by atoms with E-state index in [1.807, 2.05) is 12.1 Å². The summed E-state index contributed by atoms with van der Waals surface area (Å²) in [6.07, 6.45) is 1.64. The molecule has 1 aliphatic carbocycles. The minimum atomic E-state index is -0.848. The quantitative estimate of drug-likeness (QED) is 0.791. The van der Waals surface area contributed by atoms with Gasteiger partial charge in [0.25, 0.3) is 5.91 Å². The number of hydrogen-bond donors (Lipinski definition) is 1. The maximum atomic E-state index is 12.8. The van der Waals surface area contributed by atoms with Gasteiger partial charge >= 0.3 is 0 Å². The highest BCUT2D eigenvalue weighted by molar-refractivity contribution is 9.10. The zero-order valence-corrected chi connectivity index (χ0v) is 13.5. The predicted octanol–water partition coefficient (Wildman–Crippen LogP) is 2.40. The van der Waals surface area contributed by atoms with E-state index in [0.717, 1.165) is 16.5 Å². The van der Waals surface area contributed by atoms with Crippen molar-refractivity contribution >= 4 is 27.8 Å². The number of fused-ring (bicyclic) bond motifs is 2. The van der Waals surface area contributed by atoms with Crippen molar-refractivity contribution in [3.8, 4) is 0 Å². The number of halogens is 1. The summed E-state index contributed by atoms with van der Waals surface area (Å²) in [6, 6.07) is 6.11. The highest BCUT2D eigenvalue weighted by Crippen LogP contribution is 2.49. The summed E-state index contributed by atoms with van der Waals surface area (Å²) in [7, 11) is 1.69. The Labute approximate surface area is 127 Å². The number of benzene rings is 1. The summed E-state index contributed by atoms with van der Waals surface area (Å²) < 4.78 is 0.964. The minimum Gasteiger partial charge on any atom is -0.369 e. The van der Waals surface area contributed by atoms with E-state index in [2.05, 4.69) is 40.8 Å². The standard InChI is InChI=1S/C15H18BrN3O/c1-14(2)7-9-4-5-10(16)6-11(9)15(8-14)12(20)19(3)13(17)18-15/h4-6H,7-8H2,1-3H3,(H2,17,18)/t15-/m1/s1. The summed E-state index contributed by atoms with van der Waals surface area (Å²) in [5.74, 6) is 0.278. The van der Waals surface area contributed by atoms with Crippen LogP contribution >= 0.6 is 15.9 Å². The molecule has 0 saturated carbocycles. The Morgan fingerprint density at radius 3 is 2.70 bits per heavy atom. The first-order valence-corrected chi connectivity index (χ1v) is 7.47. The average Bonchev–Trinajstić information content (AvgIpc) is 2.55. The van der Waals surface area contributed by atoms with Crippen molar-refractivity contribution in [2.45, 2.75) is 32.2 Å². The number of nitrogens with two attached hydrogens (primary N) is 1. The molecule has 0 bridgehead atoms. The van der Waals surface area contributed by atoms with E-state index in [9.17, 15) is 4.79 Å². The summed E-state index contributed by atoms with van der Waals surface area (Å²) >= 11 is 3.49. The third-order valence-corrected chi connectivity index (χ3v) is 4.72. The molecule has 1 heterocycles. The first-order valence-electron chi connectivity index (χ1n) is 6.68. The van der Waals surface area contributed by atoms with Crippen LogP contribution in [0, 0.1) is 5.41 Å². The maximum Gasteiger partial charge on any atom is 0.261 e. The molecule has 1 aromatic carbocycles. The maximum absolute atomic E-state index is 12.8. The Hall–Kier alpha value is -1.36. The van der Waals surface area contributed by atoms with E-state index in [1.165, 1.54) is 10.5 Å². The van der Waals surface area contributed by atoms with Crippen LogP contribution in [-0.2, 0) is 16.8 Å². The number of amides is 1. The Morgan fingerprint density at radius 1 is 1.40 bits per heavy atom. The van der Waals surface area contributed by atoms with Crippen molar-refractivity contribution in [1.29, 1.82) is 0 Å². The molecule has 0 unspecified atom stereocenters. The number of aliphatic imine (C=N–C) groups is 1. The summed E-state index contributed by atoms with van der Waals surface area (Å²) in [4.78, 5) is 18.8. The molecule has 20 heavy (non-hydrogen) atoms. The lowest BCUT2D eigenvalue weighted by Gasteiger charge is -2.41. The van der Waals surface area contributed by atoms with Gasteiger partial charge in [0.05, 0.1) is 0 Å². The molecule has 106 valence electrons. The molecule has 3 rings (SSSR count). The molecule has 2 N–H and O–H groups in total. The van der Waals surface area contributed by atoms with Crippen molar-refractivity contribution in [3.05, 3.63) is 33.8 Å². The molecule has 0 fully saturated rings. The van der Waals surface area contributed by atoms with E-state index >= 15 is 0 Å². The van der Waals surface area contributed by atoms with Crippen LogP contribution in [0.25, 0.3) is 0 Å². The third-order valence-electron chi connectivity index (χ3n) is 4.23. The summed E-state index contributed by atoms with van der Waals surface area (Å²) in [6.45, 7) is 4.36.